The molecule has 0 bridgehead atoms. The highest BCUT2D eigenvalue weighted by Crippen LogP contribution is 2.17. The van der Waals surface area contributed by atoms with Crippen molar-refractivity contribution in [3.8, 4) is 0 Å². The Hall–Kier alpha value is -3.02. The van der Waals surface area contributed by atoms with Crippen molar-refractivity contribution in [3.05, 3.63) is 54.1 Å². The lowest BCUT2D eigenvalue weighted by molar-refractivity contribution is -0.123. The fraction of sp³-hybridized carbons (Fsp3) is 0.364. The van der Waals surface area contributed by atoms with Gasteiger partial charge >= 0.3 is 5.97 Å². The molecule has 0 aliphatic heterocycles. The number of rotatable bonds is 8. The van der Waals surface area contributed by atoms with E-state index >= 15 is 0 Å². The minimum absolute atomic E-state index is 0.370. The molecular formula is C22H29N3O3. The Balaban J connectivity index is 1.94. The maximum atomic E-state index is 12.3. The molecule has 0 aliphatic rings. The third-order valence-electron chi connectivity index (χ3n) is 4.54. The normalized spacial score (nSPS) is 11.5. The third-order valence-corrected chi connectivity index (χ3v) is 4.54. The van der Waals surface area contributed by atoms with Gasteiger partial charge in [0, 0.05) is 44.2 Å². The zero-order valence-electron chi connectivity index (χ0n) is 17.2. The minimum atomic E-state index is -0.900. The molecule has 0 heterocycles. The standard InChI is InChI=1S/C22H29N3O3/c1-6-25(7-2)20-12-8-17(9-13-20)22(27)28-16(3)21(26)23-18-10-14-19(15-11-18)24(4)5/h8-16H,6-7H2,1-5H3,(H,23,26)/t16-/m0/s1. The lowest BCUT2D eigenvalue weighted by atomic mass is 10.2. The summed E-state index contributed by atoms with van der Waals surface area (Å²) in [6.45, 7) is 7.52. The van der Waals surface area contributed by atoms with Crippen molar-refractivity contribution >= 4 is 28.9 Å². The van der Waals surface area contributed by atoms with Crippen molar-refractivity contribution in [2.45, 2.75) is 26.9 Å². The molecule has 1 atom stereocenters. The van der Waals surface area contributed by atoms with E-state index in [1.807, 2.05) is 55.4 Å². The molecule has 1 amide bonds. The predicted molar refractivity (Wildman–Crippen MR) is 114 cm³/mol. The lowest BCUT2D eigenvalue weighted by Gasteiger charge is -2.21. The van der Waals surface area contributed by atoms with Crippen molar-refractivity contribution in [1.82, 2.24) is 0 Å². The summed E-state index contributed by atoms with van der Waals surface area (Å²) >= 11 is 0. The van der Waals surface area contributed by atoms with Crippen LogP contribution in [-0.4, -0.2) is 45.2 Å². The SMILES string of the molecule is CCN(CC)c1ccc(C(=O)O[C@@H](C)C(=O)Nc2ccc(N(C)C)cc2)cc1. The Labute approximate surface area is 167 Å². The number of carbonyl (C=O) groups excluding carboxylic acids is 2. The van der Waals surface area contributed by atoms with Gasteiger partial charge in [0.2, 0.25) is 0 Å². The van der Waals surface area contributed by atoms with Crippen LogP contribution < -0.4 is 15.1 Å². The van der Waals surface area contributed by atoms with Crippen LogP contribution in [0.4, 0.5) is 17.1 Å². The van der Waals surface area contributed by atoms with Crippen LogP contribution >= 0.6 is 0 Å². The smallest absolute Gasteiger partial charge is 0.338 e. The highest BCUT2D eigenvalue weighted by molar-refractivity contribution is 5.97. The van der Waals surface area contributed by atoms with Gasteiger partial charge in [-0.2, -0.15) is 0 Å². The molecule has 2 aromatic carbocycles. The number of hydrogen-bond acceptors (Lipinski definition) is 5. The molecule has 6 heteroatoms. The largest absolute Gasteiger partial charge is 0.449 e. The summed E-state index contributed by atoms with van der Waals surface area (Å²) < 4.78 is 5.31. The molecular weight excluding hydrogens is 354 g/mol. The Morgan fingerprint density at radius 1 is 0.929 bits per heavy atom. The van der Waals surface area contributed by atoms with Crippen LogP contribution in [0.25, 0.3) is 0 Å². The fourth-order valence-electron chi connectivity index (χ4n) is 2.77. The molecule has 28 heavy (non-hydrogen) atoms. The van der Waals surface area contributed by atoms with E-state index < -0.39 is 12.1 Å². The molecule has 0 spiro atoms. The summed E-state index contributed by atoms with van der Waals surface area (Å²) in [6.07, 6.45) is -0.900. The van der Waals surface area contributed by atoms with Gasteiger partial charge in [0.25, 0.3) is 5.91 Å². The van der Waals surface area contributed by atoms with E-state index in [0.717, 1.165) is 24.5 Å². The van der Waals surface area contributed by atoms with Gasteiger partial charge in [-0.3, -0.25) is 4.79 Å². The van der Waals surface area contributed by atoms with Crippen molar-refractivity contribution in [1.29, 1.82) is 0 Å². The zero-order chi connectivity index (χ0) is 20.7. The van der Waals surface area contributed by atoms with Crippen LogP contribution in [0.5, 0.6) is 0 Å². The monoisotopic (exact) mass is 383 g/mol. The number of esters is 1. The number of ether oxygens (including phenoxy) is 1. The van der Waals surface area contributed by atoms with Crippen LogP contribution in [0.1, 0.15) is 31.1 Å². The van der Waals surface area contributed by atoms with Gasteiger partial charge in [0.05, 0.1) is 5.56 Å². The van der Waals surface area contributed by atoms with Gasteiger partial charge < -0.3 is 19.9 Å². The molecule has 0 aromatic heterocycles. The first-order valence-electron chi connectivity index (χ1n) is 9.50. The first-order chi connectivity index (χ1) is 13.3. The fourth-order valence-corrected chi connectivity index (χ4v) is 2.77. The second-order valence-electron chi connectivity index (χ2n) is 6.70. The number of amides is 1. The van der Waals surface area contributed by atoms with E-state index in [0.29, 0.717) is 11.3 Å². The summed E-state index contributed by atoms with van der Waals surface area (Å²) in [5, 5.41) is 2.76. The third kappa shape index (κ3) is 5.49. The number of nitrogens with one attached hydrogen (secondary N) is 1. The highest BCUT2D eigenvalue weighted by atomic mass is 16.5. The van der Waals surface area contributed by atoms with Gasteiger partial charge in [-0.15, -0.1) is 0 Å². The van der Waals surface area contributed by atoms with Crippen molar-refractivity contribution in [3.63, 3.8) is 0 Å². The maximum Gasteiger partial charge on any atom is 0.338 e. The molecule has 0 saturated carbocycles. The van der Waals surface area contributed by atoms with Gasteiger partial charge in [0.15, 0.2) is 6.10 Å². The molecule has 0 unspecified atom stereocenters. The van der Waals surface area contributed by atoms with E-state index in [1.54, 1.807) is 19.1 Å². The average molecular weight is 383 g/mol. The van der Waals surface area contributed by atoms with Crippen LogP contribution in [-0.2, 0) is 9.53 Å². The first kappa shape index (κ1) is 21.3. The summed E-state index contributed by atoms with van der Waals surface area (Å²) in [4.78, 5) is 28.8. The number of hydrogen-bond donors (Lipinski definition) is 1. The number of benzene rings is 2. The molecule has 2 aromatic rings. The van der Waals surface area contributed by atoms with Crippen LogP contribution in [0.2, 0.25) is 0 Å². The van der Waals surface area contributed by atoms with Crippen LogP contribution in [0, 0.1) is 0 Å². The van der Waals surface area contributed by atoms with E-state index in [9.17, 15) is 9.59 Å². The van der Waals surface area contributed by atoms with Crippen LogP contribution in [0.3, 0.4) is 0 Å². The Morgan fingerprint density at radius 3 is 1.96 bits per heavy atom. The summed E-state index contributed by atoms with van der Waals surface area (Å²) in [6, 6.07) is 14.7. The number of carbonyl (C=O) groups is 2. The molecule has 1 N–H and O–H groups in total. The topological polar surface area (TPSA) is 61.9 Å². The second kappa shape index (κ2) is 9.78. The molecule has 0 saturated heterocycles. The zero-order valence-corrected chi connectivity index (χ0v) is 17.2. The van der Waals surface area contributed by atoms with E-state index in [4.69, 9.17) is 4.74 Å². The molecule has 2 rings (SSSR count). The first-order valence-corrected chi connectivity index (χ1v) is 9.50. The molecule has 0 aliphatic carbocycles. The summed E-state index contributed by atoms with van der Waals surface area (Å²) in [7, 11) is 3.90. The Bertz CT molecular complexity index is 782. The van der Waals surface area contributed by atoms with E-state index in [1.165, 1.54) is 0 Å². The van der Waals surface area contributed by atoms with E-state index in [2.05, 4.69) is 24.1 Å². The number of nitrogens with zero attached hydrogens (tertiary/aromatic N) is 2. The van der Waals surface area contributed by atoms with Crippen molar-refractivity contribution < 1.29 is 14.3 Å². The van der Waals surface area contributed by atoms with Gasteiger partial charge in [-0.05, 0) is 69.3 Å². The molecule has 0 fully saturated rings. The van der Waals surface area contributed by atoms with Crippen molar-refractivity contribution in [2.75, 3.05) is 42.3 Å². The maximum absolute atomic E-state index is 12.3. The van der Waals surface area contributed by atoms with Crippen molar-refractivity contribution in [2.24, 2.45) is 0 Å². The molecule has 6 nitrogen and oxygen atoms in total. The molecule has 0 radical (unpaired) electrons. The molecule has 150 valence electrons. The summed E-state index contributed by atoms with van der Waals surface area (Å²) in [5.74, 6) is -0.887. The highest BCUT2D eigenvalue weighted by Gasteiger charge is 2.19. The average Bonchev–Trinajstić information content (AvgIpc) is 2.69. The minimum Gasteiger partial charge on any atom is -0.449 e. The quantitative estimate of drug-likeness (QED) is 0.703. The van der Waals surface area contributed by atoms with Crippen LogP contribution in [0.15, 0.2) is 48.5 Å². The van der Waals surface area contributed by atoms with Gasteiger partial charge in [-0.25, -0.2) is 4.79 Å². The lowest BCUT2D eigenvalue weighted by Crippen LogP contribution is -2.30. The second-order valence-corrected chi connectivity index (χ2v) is 6.70. The Morgan fingerprint density at radius 2 is 1.46 bits per heavy atom. The summed E-state index contributed by atoms with van der Waals surface area (Å²) in [5.41, 5.74) is 3.16. The van der Waals surface area contributed by atoms with Gasteiger partial charge in [-0.1, -0.05) is 0 Å². The Kier molecular flexibility index (Phi) is 7.44. The predicted octanol–water partition coefficient (Wildman–Crippen LogP) is 3.78. The van der Waals surface area contributed by atoms with Gasteiger partial charge in [0.1, 0.15) is 0 Å². The van der Waals surface area contributed by atoms with E-state index in [-0.39, 0.29) is 5.91 Å². The number of anilines is 3.